The number of hydrogen-bond acceptors (Lipinski definition) is 5. The molecule has 0 aromatic heterocycles. The molecule has 2 rings (SSSR count). The van der Waals surface area contributed by atoms with E-state index in [-0.39, 0.29) is 11.2 Å². The SMILES string of the molecule is CCN1CCN(CCOc2ccc(B(O)O)cc2F)CC1. The molecule has 5 nitrogen and oxygen atoms in total. The minimum absolute atomic E-state index is 0.121. The van der Waals surface area contributed by atoms with Crippen molar-refractivity contribution in [3.8, 4) is 5.75 Å². The zero-order valence-corrected chi connectivity index (χ0v) is 12.3. The summed E-state index contributed by atoms with van der Waals surface area (Å²) < 4.78 is 19.1. The molecule has 0 aliphatic carbocycles. The van der Waals surface area contributed by atoms with Crippen LogP contribution in [0, 0.1) is 5.82 Å². The summed E-state index contributed by atoms with van der Waals surface area (Å²) in [7, 11) is -1.66. The first kappa shape index (κ1) is 16.2. The van der Waals surface area contributed by atoms with E-state index in [4.69, 9.17) is 14.8 Å². The van der Waals surface area contributed by atoms with Crippen molar-refractivity contribution < 1.29 is 19.2 Å². The second-order valence-electron chi connectivity index (χ2n) is 5.19. The van der Waals surface area contributed by atoms with Crippen LogP contribution in [0.4, 0.5) is 4.39 Å². The first-order valence-electron chi connectivity index (χ1n) is 7.33. The fourth-order valence-electron chi connectivity index (χ4n) is 2.41. The number of ether oxygens (including phenoxy) is 1. The Morgan fingerprint density at radius 1 is 1.19 bits per heavy atom. The van der Waals surface area contributed by atoms with Crippen molar-refractivity contribution in [1.29, 1.82) is 0 Å². The fourth-order valence-corrected chi connectivity index (χ4v) is 2.41. The quantitative estimate of drug-likeness (QED) is 0.695. The molecule has 116 valence electrons. The predicted octanol–water partition coefficient (Wildman–Crippen LogP) is -0.478. The van der Waals surface area contributed by atoms with Crippen molar-refractivity contribution in [2.75, 3.05) is 45.9 Å². The van der Waals surface area contributed by atoms with E-state index in [0.717, 1.165) is 45.3 Å². The van der Waals surface area contributed by atoms with Gasteiger partial charge in [-0.3, -0.25) is 4.90 Å². The second kappa shape index (κ2) is 7.75. The molecule has 0 atom stereocenters. The molecule has 0 amide bonds. The van der Waals surface area contributed by atoms with Gasteiger partial charge in [-0.05, 0) is 24.1 Å². The fraction of sp³-hybridized carbons (Fsp3) is 0.571. The van der Waals surface area contributed by atoms with Crippen LogP contribution in [0.5, 0.6) is 5.75 Å². The number of likely N-dealkylation sites (N-methyl/N-ethyl adjacent to an activating group) is 1. The summed E-state index contributed by atoms with van der Waals surface area (Å²) in [5.41, 5.74) is 0.121. The van der Waals surface area contributed by atoms with E-state index >= 15 is 0 Å². The molecular weight excluding hydrogens is 274 g/mol. The highest BCUT2D eigenvalue weighted by molar-refractivity contribution is 6.58. The minimum Gasteiger partial charge on any atom is -0.489 e. The predicted molar refractivity (Wildman–Crippen MR) is 80.3 cm³/mol. The van der Waals surface area contributed by atoms with Gasteiger partial charge in [0, 0.05) is 32.7 Å². The van der Waals surface area contributed by atoms with E-state index in [1.54, 1.807) is 0 Å². The molecule has 1 aromatic rings. The number of benzene rings is 1. The van der Waals surface area contributed by atoms with Gasteiger partial charge in [0.15, 0.2) is 11.6 Å². The highest BCUT2D eigenvalue weighted by Crippen LogP contribution is 2.14. The molecule has 1 aliphatic rings. The normalized spacial score (nSPS) is 17.0. The Labute approximate surface area is 125 Å². The summed E-state index contributed by atoms with van der Waals surface area (Å²) in [6.45, 7) is 8.57. The molecule has 0 bridgehead atoms. The molecule has 0 spiro atoms. The minimum atomic E-state index is -1.66. The van der Waals surface area contributed by atoms with Gasteiger partial charge in [0.05, 0.1) is 0 Å². The lowest BCUT2D eigenvalue weighted by molar-refractivity contribution is 0.120. The average molecular weight is 296 g/mol. The maximum atomic E-state index is 13.7. The van der Waals surface area contributed by atoms with Crippen LogP contribution < -0.4 is 10.2 Å². The zero-order valence-electron chi connectivity index (χ0n) is 12.3. The van der Waals surface area contributed by atoms with Gasteiger partial charge in [-0.15, -0.1) is 0 Å². The van der Waals surface area contributed by atoms with Gasteiger partial charge >= 0.3 is 7.12 Å². The Bertz CT molecular complexity index is 454. The molecule has 7 heteroatoms. The second-order valence-corrected chi connectivity index (χ2v) is 5.19. The van der Waals surface area contributed by atoms with Crippen molar-refractivity contribution >= 4 is 12.6 Å². The number of halogens is 1. The topological polar surface area (TPSA) is 56.2 Å². The van der Waals surface area contributed by atoms with Gasteiger partial charge in [-0.25, -0.2) is 4.39 Å². The van der Waals surface area contributed by atoms with Gasteiger partial charge in [0.1, 0.15) is 6.61 Å². The molecule has 1 aliphatic heterocycles. The van der Waals surface area contributed by atoms with Crippen molar-refractivity contribution in [3.63, 3.8) is 0 Å². The number of nitrogens with zero attached hydrogens (tertiary/aromatic N) is 2. The van der Waals surface area contributed by atoms with E-state index in [2.05, 4.69) is 16.7 Å². The monoisotopic (exact) mass is 296 g/mol. The standard InChI is InChI=1S/C14H22BFN2O3/c1-2-17-5-7-18(8-6-17)9-10-21-14-4-3-12(15(19)20)11-13(14)16/h3-4,11,19-20H,2,5-10H2,1H3. The summed E-state index contributed by atoms with van der Waals surface area (Å²) in [6, 6.07) is 3.96. The van der Waals surface area contributed by atoms with Gasteiger partial charge in [-0.2, -0.15) is 0 Å². The van der Waals surface area contributed by atoms with Gasteiger partial charge < -0.3 is 19.7 Å². The summed E-state index contributed by atoms with van der Waals surface area (Å²) in [6.07, 6.45) is 0. The van der Waals surface area contributed by atoms with Crippen LogP contribution in [-0.4, -0.2) is 72.8 Å². The van der Waals surface area contributed by atoms with Gasteiger partial charge in [0.25, 0.3) is 0 Å². The number of piperazine rings is 1. The zero-order chi connectivity index (χ0) is 15.2. The third-order valence-electron chi connectivity index (χ3n) is 3.83. The molecule has 21 heavy (non-hydrogen) atoms. The lowest BCUT2D eigenvalue weighted by Gasteiger charge is -2.33. The van der Waals surface area contributed by atoms with Crippen molar-refractivity contribution in [1.82, 2.24) is 9.80 Å². The molecule has 1 saturated heterocycles. The van der Waals surface area contributed by atoms with E-state index < -0.39 is 12.9 Å². The van der Waals surface area contributed by atoms with E-state index in [1.165, 1.54) is 12.1 Å². The molecule has 0 saturated carbocycles. The van der Waals surface area contributed by atoms with Crippen LogP contribution in [0.3, 0.4) is 0 Å². The Morgan fingerprint density at radius 3 is 2.43 bits per heavy atom. The lowest BCUT2D eigenvalue weighted by atomic mass is 9.80. The number of hydrogen-bond donors (Lipinski definition) is 2. The highest BCUT2D eigenvalue weighted by atomic mass is 19.1. The largest absolute Gasteiger partial charge is 0.489 e. The summed E-state index contributed by atoms with van der Waals surface area (Å²) in [4.78, 5) is 4.70. The Morgan fingerprint density at radius 2 is 1.86 bits per heavy atom. The highest BCUT2D eigenvalue weighted by Gasteiger charge is 2.16. The first-order chi connectivity index (χ1) is 10.1. The Balaban J connectivity index is 1.76. The Hall–Kier alpha value is -1.15. The smallest absolute Gasteiger partial charge is 0.488 e. The molecular formula is C14H22BFN2O3. The van der Waals surface area contributed by atoms with Crippen LogP contribution in [0.25, 0.3) is 0 Å². The Kier molecular flexibility index (Phi) is 5.99. The molecule has 1 heterocycles. The maximum absolute atomic E-state index is 13.7. The molecule has 2 N–H and O–H groups in total. The summed E-state index contributed by atoms with van der Waals surface area (Å²) in [5.74, 6) is -0.428. The molecule has 0 unspecified atom stereocenters. The lowest BCUT2D eigenvalue weighted by Crippen LogP contribution is -2.47. The van der Waals surface area contributed by atoms with Crippen LogP contribution in [0.1, 0.15) is 6.92 Å². The third kappa shape index (κ3) is 4.67. The van der Waals surface area contributed by atoms with Gasteiger partial charge in [0.2, 0.25) is 0 Å². The van der Waals surface area contributed by atoms with Crippen molar-refractivity contribution in [2.24, 2.45) is 0 Å². The average Bonchev–Trinajstić information content (AvgIpc) is 2.49. The molecule has 1 fully saturated rings. The third-order valence-corrected chi connectivity index (χ3v) is 3.83. The van der Waals surface area contributed by atoms with Crippen LogP contribution >= 0.6 is 0 Å². The van der Waals surface area contributed by atoms with Crippen LogP contribution in [-0.2, 0) is 0 Å². The van der Waals surface area contributed by atoms with Crippen molar-refractivity contribution in [3.05, 3.63) is 24.0 Å². The van der Waals surface area contributed by atoms with E-state index in [9.17, 15) is 4.39 Å². The summed E-state index contributed by atoms with van der Waals surface area (Å²) >= 11 is 0. The van der Waals surface area contributed by atoms with Gasteiger partial charge in [-0.1, -0.05) is 13.0 Å². The number of rotatable bonds is 6. The van der Waals surface area contributed by atoms with E-state index in [1.807, 2.05) is 0 Å². The molecule has 0 radical (unpaired) electrons. The van der Waals surface area contributed by atoms with Crippen LogP contribution in [0.15, 0.2) is 18.2 Å². The first-order valence-corrected chi connectivity index (χ1v) is 7.33. The van der Waals surface area contributed by atoms with E-state index in [0.29, 0.717) is 6.61 Å². The molecule has 1 aromatic carbocycles. The van der Waals surface area contributed by atoms with Crippen LogP contribution in [0.2, 0.25) is 0 Å². The summed E-state index contributed by atoms with van der Waals surface area (Å²) in [5, 5.41) is 17.9. The van der Waals surface area contributed by atoms with Crippen molar-refractivity contribution in [2.45, 2.75) is 6.92 Å². The maximum Gasteiger partial charge on any atom is 0.488 e.